The van der Waals surface area contributed by atoms with Gasteiger partial charge < -0.3 is 5.32 Å². The van der Waals surface area contributed by atoms with Gasteiger partial charge in [-0.1, -0.05) is 6.07 Å². The molecule has 3 heteroatoms. The van der Waals surface area contributed by atoms with E-state index < -0.39 is 0 Å². The molecular weight excluding hydrogens is 270 g/mol. The molecule has 1 aromatic carbocycles. The number of unbranched alkanes of at least 4 members (excludes halogenated alkanes) is 1. The molecule has 0 aliphatic heterocycles. The summed E-state index contributed by atoms with van der Waals surface area (Å²) in [5.74, 6) is 1.26. The lowest BCUT2D eigenvalue weighted by Crippen LogP contribution is -2.02. The molecule has 0 atom stereocenters. The van der Waals surface area contributed by atoms with E-state index in [4.69, 9.17) is 0 Å². The molecule has 0 bridgehead atoms. The van der Waals surface area contributed by atoms with Gasteiger partial charge in [-0.25, -0.2) is 0 Å². The fourth-order valence-corrected chi connectivity index (χ4v) is 2.48. The van der Waals surface area contributed by atoms with Crippen LogP contribution in [0.4, 0.5) is 5.69 Å². The molecule has 0 fully saturated rings. The van der Waals surface area contributed by atoms with Crippen LogP contribution < -0.4 is 5.32 Å². The zero-order valence-corrected chi connectivity index (χ0v) is 11.7. The monoisotopic (exact) mass is 287 g/mol. The molecule has 1 nitrogen and oxygen atoms in total. The van der Waals surface area contributed by atoms with Crippen LogP contribution in [-0.4, -0.2) is 18.6 Å². The molecule has 1 N–H and O–H groups in total. The number of thioether (sulfide) groups is 1. The highest BCUT2D eigenvalue weighted by Gasteiger charge is 1.98. The number of benzene rings is 1. The molecule has 0 amide bonds. The first-order valence-corrected chi connectivity index (χ1v) is 7.41. The molecule has 0 aliphatic rings. The standard InChI is InChI=1S/C12H18BrNS/c1-10-5-6-12(11(13)9-10)14-7-3-4-8-15-2/h5-6,9,14H,3-4,7-8H2,1-2H3. The number of aryl methyl sites for hydroxylation is 1. The first-order chi connectivity index (χ1) is 7.24. The van der Waals surface area contributed by atoms with Crippen molar-refractivity contribution in [2.75, 3.05) is 23.9 Å². The second-order valence-electron chi connectivity index (χ2n) is 3.61. The minimum atomic E-state index is 1.06. The van der Waals surface area contributed by atoms with E-state index in [1.165, 1.54) is 29.8 Å². The summed E-state index contributed by atoms with van der Waals surface area (Å²) in [5, 5.41) is 3.44. The summed E-state index contributed by atoms with van der Waals surface area (Å²) in [4.78, 5) is 0. The van der Waals surface area contributed by atoms with E-state index in [1.807, 2.05) is 11.8 Å². The normalized spacial score (nSPS) is 10.3. The largest absolute Gasteiger partial charge is 0.384 e. The highest BCUT2D eigenvalue weighted by molar-refractivity contribution is 9.10. The van der Waals surface area contributed by atoms with Gasteiger partial charge in [0.25, 0.3) is 0 Å². The van der Waals surface area contributed by atoms with Crippen molar-refractivity contribution < 1.29 is 0 Å². The first-order valence-electron chi connectivity index (χ1n) is 5.23. The Balaban J connectivity index is 2.31. The van der Waals surface area contributed by atoms with Gasteiger partial charge in [0.1, 0.15) is 0 Å². The van der Waals surface area contributed by atoms with Crippen molar-refractivity contribution in [2.24, 2.45) is 0 Å². The minimum absolute atomic E-state index is 1.06. The Hall–Kier alpha value is -0.150. The first kappa shape index (κ1) is 12.9. The molecule has 1 aromatic rings. The third-order valence-electron chi connectivity index (χ3n) is 2.22. The van der Waals surface area contributed by atoms with Crippen molar-refractivity contribution in [1.82, 2.24) is 0 Å². The molecule has 84 valence electrons. The zero-order valence-electron chi connectivity index (χ0n) is 9.35. The van der Waals surface area contributed by atoms with E-state index in [0.29, 0.717) is 0 Å². The topological polar surface area (TPSA) is 12.0 Å². The van der Waals surface area contributed by atoms with Gasteiger partial charge in [-0.05, 0) is 65.4 Å². The van der Waals surface area contributed by atoms with Gasteiger partial charge in [0, 0.05) is 16.7 Å². The van der Waals surface area contributed by atoms with Crippen molar-refractivity contribution in [2.45, 2.75) is 19.8 Å². The molecule has 15 heavy (non-hydrogen) atoms. The van der Waals surface area contributed by atoms with Crippen molar-refractivity contribution >= 4 is 33.4 Å². The predicted octanol–water partition coefficient (Wildman–Crippen LogP) is 4.31. The van der Waals surface area contributed by atoms with Crippen LogP contribution in [0, 0.1) is 6.92 Å². The summed E-state index contributed by atoms with van der Waals surface area (Å²) in [5.41, 5.74) is 2.49. The molecule has 0 saturated carbocycles. The third kappa shape index (κ3) is 4.94. The van der Waals surface area contributed by atoms with E-state index >= 15 is 0 Å². The second kappa shape index (κ2) is 7.18. The van der Waals surface area contributed by atoms with Gasteiger partial charge in [0.2, 0.25) is 0 Å². The average molecular weight is 288 g/mol. The molecular formula is C12H18BrNS. The third-order valence-corrected chi connectivity index (χ3v) is 3.57. The molecule has 0 saturated heterocycles. The van der Waals surface area contributed by atoms with Gasteiger partial charge in [-0.3, -0.25) is 0 Å². The number of nitrogens with one attached hydrogen (secondary N) is 1. The zero-order chi connectivity index (χ0) is 11.1. The molecule has 0 heterocycles. The summed E-state index contributed by atoms with van der Waals surface area (Å²) < 4.78 is 1.16. The fraction of sp³-hybridized carbons (Fsp3) is 0.500. The van der Waals surface area contributed by atoms with Crippen LogP contribution in [0.1, 0.15) is 18.4 Å². The maximum Gasteiger partial charge on any atom is 0.0484 e. The lowest BCUT2D eigenvalue weighted by Gasteiger charge is -2.08. The van der Waals surface area contributed by atoms with Crippen molar-refractivity contribution in [3.05, 3.63) is 28.2 Å². The quantitative estimate of drug-likeness (QED) is 0.783. The van der Waals surface area contributed by atoms with Gasteiger partial charge in [0.15, 0.2) is 0 Å². The summed E-state index contributed by atoms with van der Waals surface area (Å²) in [6, 6.07) is 6.41. The molecule has 0 radical (unpaired) electrons. The van der Waals surface area contributed by atoms with Crippen molar-refractivity contribution in [1.29, 1.82) is 0 Å². The predicted molar refractivity (Wildman–Crippen MR) is 75.0 cm³/mol. The Labute approximate surface area is 105 Å². The Bertz CT molecular complexity index is 302. The molecule has 0 unspecified atom stereocenters. The summed E-state index contributed by atoms with van der Waals surface area (Å²) in [7, 11) is 0. The van der Waals surface area contributed by atoms with E-state index in [9.17, 15) is 0 Å². The molecule has 1 rings (SSSR count). The van der Waals surface area contributed by atoms with Gasteiger partial charge in [-0.15, -0.1) is 0 Å². The number of halogens is 1. The van der Waals surface area contributed by atoms with Crippen LogP contribution in [0.2, 0.25) is 0 Å². The van der Waals surface area contributed by atoms with Crippen LogP contribution in [0.5, 0.6) is 0 Å². The lowest BCUT2D eigenvalue weighted by molar-refractivity contribution is 0.843. The highest BCUT2D eigenvalue weighted by atomic mass is 79.9. The van der Waals surface area contributed by atoms with Crippen molar-refractivity contribution in [3.8, 4) is 0 Å². The van der Waals surface area contributed by atoms with Crippen LogP contribution in [-0.2, 0) is 0 Å². The van der Waals surface area contributed by atoms with E-state index in [0.717, 1.165) is 11.0 Å². The molecule has 0 aromatic heterocycles. The van der Waals surface area contributed by atoms with Crippen LogP contribution in [0.3, 0.4) is 0 Å². The number of hydrogen-bond donors (Lipinski definition) is 1. The number of anilines is 1. The summed E-state index contributed by atoms with van der Waals surface area (Å²) >= 11 is 5.48. The minimum Gasteiger partial charge on any atom is -0.384 e. The van der Waals surface area contributed by atoms with Gasteiger partial charge in [-0.2, -0.15) is 11.8 Å². The number of hydrogen-bond acceptors (Lipinski definition) is 2. The summed E-state index contributed by atoms with van der Waals surface area (Å²) in [6.07, 6.45) is 4.68. The van der Waals surface area contributed by atoms with E-state index in [-0.39, 0.29) is 0 Å². The average Bonchev–Trinajstić information content (AvgIpc) is 2.20. The van der Waals surface area contributed by atoms with Gasteiger partial charge in [0.05, 0.1) is 0 Å². The SMILES string of the molecule is CSCCCCNc1ccc(C)cc1Br. The Morgan fingerprint density at radius 2 is 2.13 bits per heavy atom. The Kier molecular flexibility index (Phi) is 6.18. The van der Waals surface area contributed by atoms with Crippen LogP contribution in [0.25, 0.3) is 0 Å². The summed E-state index contributed by atoms with van der Waals surface area (Å²) in [6.45, 7) is 3.16. The van der Waals surface area contributed by atoms with Crippen LogP contribution in [0.15, 0.2) is 22.7 Å². The lowest BCUT2D eigenvalue weighted by atomic mass is 10.2. The number of rotatable bonds is 6. The van der Waals surface area contributed by atoms with E-state index in [1.54, 1.807) is 0 Å². The maximum atomic E-state index is 3.56. The molecule has 0 aliphatic carbocycles. The molecule has 0 spiro atoms. The van der Waals surface area contributed by atoms with Crippen molar-refractivity contribution in [3.63, 3.8) is 0 Å². The Morgan fingerprint density at radius 3 is 2.80 bits per heavy atom. The highest BCUT2D eigenvalue weighted by Crippen LogP contribution is 2.23. The fourth-order valence-electron chi connectivity index (χ4n) is 1.36. The maximum absolute atomic E-state index is 3.56. The Morgan fingerprint density at radius 1 is 1.33 bits per heavy atom. The van der Waals surface area contributed by atoms with Gasteiger partial charge >= 0.3 is 0 Å². The van der Waals surface area contributed by atoms with E-state index in [2.05, 4.69) is 52.6 Å². The van der Waals surface area contributed by atoms with Crippen LogP contribution >= 0.6 is 27.7 Å². The smallest absolute Gasteiger partial charge is 0.0484 e. The second-order valence-corrected chi connectivity index (χ2v) is 5.45.